The van der Waals surface area contributed by atoms with Crippen molar-refractivity contribution in [1.82, 2.24) is 10.2 Å². The fourth-order valence-electron chi connectivity index (χ4n) is 4.42. The number of benzene rings is 2. The van der Waals surface area contributed by atoms with E-state index in [2.05, 4.69) is 24.6 Å². The Kier molecular flexibility index (Phi) is 8.80. The van der Waals surface area contributed by atoms with Crippen molar-refractivity contribution < 1.29 is 24.3 Å². The zero-order chi connectivity index (χ0) is 25.6. The van der Waals surface area contributed by atoms with Crippen molar-refractivity contribution in [3.8, 4) is 5.75 Å². The van der Waals surface area contributed by atoms with Crippen molar-refractivity contribution in [2.45, 2.75) is 50.0 Å². The Bertz CT molecular complexity index is 1060. The van der Waals surface area contributed by atoms with Gasteiger partial charge in [0.1, 0.15) is 11.3 Å². The summed E-state index contributed by atoms with van der Waals surface area (Å²) in [6.07, 6.45) is 1.07. The van der Waals surface area contributed by atoms with E-state index in [9.17, 15) is 19.6 Å². The third-order valence-corrected chi connectivity index (χ3v) is 7.34. The summed E-state index contributed by atoms with van der Waals surface area (Å²) in [4.78, 5) is 41.5. The SMILES string of the molecule is CNC(=O)[C@](CSc1ccc(OC)cc1)(Cc1ccc(NO)cc1CC(C)C)N1C(=O)CCC1=O. The molecule has 9 heteroatoms. The van der Waals surface area contributed by atoms with Gasteiger partial charge in [0.15, 0.2) is 0 Å². The molecule has 0 unspecified atom stereocenters. The summed E-state index contributed by atoms with van der Waals surface area (Å²) < 4.78 is 5.23. The van der Waals surface area contributed by atoms with Crippen molar-refractivity contribution in [2.24, 2.45) is 5.92 Å². The van der Waals surface area contributed by atoms with E-state index >= 15 is 0 Å². The first-order chi connectivity index (χ1) is 16.7. The summed E-state index contributed by atoms with van der Waals surface area (Å²) in [6.45, 7) is 4.17. The van der Waals surface area contributed by atoms with Gasteiger partial charge in [0.05, 0.1) is 12.8 Å². The summed E-state index contributed by atoms with van der Waals surface area (Å²) >= 11 is 1.41. The Labute approximate surface area is 210 Å². The molecule has 188 valence electrons. The van der Waals surface area contributed by atoms with Crippen molar-refractivity contribution in [3.05, 3.63) is 53.6 Å². The highest BCUT2D eigenvalue weighted by Gasteiger charge is 2.51. The van der Waals surface area contributed by atoms with Gasteiger partial charge in [-0.3, -0.25) is 30.0 Å². The number of rotatable bonds is 11. The molecule has 0 spiro atoms. The van der Waals surface area contributed by atoms with Gasteiger partial charge >= 0.3 is 0 Å². The molecule has 35 heavy (non-hydrogen) atoms. The second kappa shape index (κ2) is 11.6. The molecule has 3 amide bonds. The van der Waals surface area contributed by atoms with Gasteiger partial charge in [0.25, 0.3) is 0 Å². The van der Waals surface area contributed by atoms with Gasteiger partial charge in [-0.15, -0.1) is 11.8 Å². The van der Waals surface area contributed by atoms with E-state index in [4.69, 9.17) is 4.74 Å². The molecule has 3 rings (SSSR count). The Balaban J connectivity index is 2.08. The van der Waals surface area contributed by atoms with E-state index in [1.54, 1.807) is 13.2 Å². The molecule has 1 aliphatic rings. The number of anilines is 1. The molecule has 0 aromatic heterocycles. The van der Waals surface area contributed by atoms with Crippen LogP contribution in [0.1, 0.15) is 37.8 Å². The number of likely N-dealkylation sites (N-methyl/N-ethyl adjacent to an activating group) is 1. The van der Waals surface area contributed by atoms with Crippen LogP contribution < -0.4 is 15.5 Å². The lowest BCUT2D eigenvalue weighted by atomic mass is 9.85. The molecule has 1 aliphatic heterocycles. The number of hydrogen-bond acceptors (Lipinski definition) is 7. The number of carbonyl (C=O) groups excluding carboxylic acids is 3. The Hall–Kier alpha value is -3.04. The number of nitrogens with zero attached hydrogens (tertiary/aromatic N) is 1. The fourth-order valence-corrected chi connectivity index (χ4v) is 5.51. The predicted molar refractivity (Wildman–Crippen MR) is 136 cm³/mol. The van der Waals surface area contributed by atoms with E-state index in [0.29, 0.717) is 23.8 Å². The van der Waals surface area contributed by atoms with Crippen LogP contribution in [0.3, 0.4) is 0 Å². The zero-order valence-corrected chi connectivity index (χ0v) is 21.4. The van der Waals surface area contributed by atoms with Crippen LogP contribution in [0, 0.1) is 5.92 Å². The molecular weight excluding hydrogens is 466 g/mol. The van der Waals surface area contributed by atoms with Gasteiger partial charge in [0, 0.05) is 37.0 Å². The van der Waals surface area contributed by atoms with Gasteiger partial charge in [-0.2, -0.15) is 0 Å². The summed E-state index contributed by atoms with van der Waals surface area (Å²) in [5, 5.41) is 12.1. The smallest absolute Gasteiger partial charge is 0.247 e. The molecule has 0 radical (unpaired) electrons. The van der Waals surface area contributed by atoms with Gasteiger partial charge in [0.2, 0.25) is 17.7 Å². The minimum Gasteiger partial charge on any atom is -0.497 e. The number of hydrogen-bond donors (Lipinski definition) is 3. The van der Waals surface area contributed by atoms with Gasteiger partial charge in [-0.25, -0.2) is 0 Å². The van der Waals surface area contributed by atoms with Crippen LogP contribution in [0.2, 0.25) is 0 Å². The van der Waals surface area contributed by atoms with Crippen LogP contribution in [0.15, 0.2) is 47.4 Å². The molecule has 1 atom stereocenters. The molecule has 8 nitrogen and oxygen atoms in total. The maximum Gasteiger partial charge on any atom is 0.247 e. The second-order valence-corrected chi connectivity index (χ2v) is 10.1. The molecule has 1 heterocycles. The molecule has 1 saturated heterocycles. The van der Waals surface area contributed by atoms with Crippen LogP contribution in [0.25, 0.3) is 0 Å². The van der Waals surface area contributed by atoms with Crippen LogP contribution in [-0.2, 0) is 27.2 Å². The maximum absolute atomic E-state index is 13.6. The summed E-state index contributed by atoms with van der Waals surface area (Å²) in [5.74, 6) is 0.161. The Morgan fingerprint density at radius 3 is 2.31 bits per heavy atom. The van der Waals surface area contributed by atoms with E-state index in [0.717, 1.165) is 16.0 Å². The maximum atomic E-state index is 13.6. The Morgan fingerprint density at radius 2 is 1.77 bits per heavy atom. The highest BCUT2D eigenvalue weighted by Crippen LogP contribution is 2.36. The Morgan fingerprint density at radius 1 is 1.11 bits per heavy atom. The third-order valence-electron chi connectivity index (χ3n) is 6.11. The lowest BCUT2D eigenvalue weighted by Gasteiger charge is -2.39. The zero-order valence-electron chi connectivity index (χ0n) is 20.6. The van der Waals surface area contributed by atoms with E-state index < -0.39 is 5.54 Å². The van der Waals surface area contributed by atoms with Crippen molar-refractivity contribution in [1.29, 1.82) is 0 Å². The van der Waals surface area contributed by atoms with Crippen LogP contribution in [-0.4, -0.2) is 53.3 Å². The molecule has 3 N–H and O–H groups in total. The van der Waals surface area contributed by atoms with E-state index in [1.165, 1.54) is 23.7 Å². The molecule has 0 saturated carbocycles. The second-order valence-electron chi connectivity index (χ2n) is 9.07. The van der Waals surface area contributed by atoms with E-state index in [-0.39, 0.29) is 42.7 Å². The number of likely N-dealkylation sites (tertiary alicyclic amines) is 1. The average Bonchev–Trinajstić information content (AvgIpc) is 3.20. The third kappa shape index (κ3) is 5.97. The number of imide groups is 1. The first-order valence-electron chi connectivity index (χ1n) is 11.6. The highest BCUT2D eigenvalue weighted by molar-refractivity contribution is 7.99. The fraction of sp³-hybridized carbons (Fsp3) is 0.423. The van der Waals surface area contributed by atoms with Crippen molar-refractivity contribution in [3.63, 3.8) is 0 Å². The minimum atomic E-state index is -1.41. The van der Waals surface area contributed by atoms with Crippen molar-refractivity contribution in [2.75, 3.05) is 25.4 Å². The first-order valence-corrected chi connectivity index (χ1v) is 12.6. The standard InChI is InChI=1S/C26H33N3O5S/c1-17(2)13-19-14-20(28-33)6-5-18(19)15-26(25(32)27-3,29-23(30)11-12-24(29)31)16-35-22-9-7-21(34-4)8-10-22/h5-10,14,17,28,33H,11-13,15-16H2,1-4H3,(H,27,32)/t26-/m1/s1. The number of thioether (sulfide) groups is 1. The highest BCUT2D eigenvalue weighted by atomic mass is 32.2. The molecule has 1 fully saturated rings. The molecule has 0 bridgehead atoms. The van der Waals surface area contributed by atoms with Crippen LogP contribution in [0.5, 0.6) is 5.75 Å². The number of methoxy groups -OCH3 is 1. The first kappa shape index (κ1) is 26.6. The van der Waals surface area contributed by atoms with Gasteiger partial charge in [-0.05, 0) is 59.9 Å². The molecule has 0 aliphatic carbocycles. The lowest BCUT2D eigenvalue weighted by molar-refractivity contribution is -0.152. The number of amides is 3. The average molecular weight is 500 g/mol. The predicted octanol–water partition coefficient (Wildman–Crippen LogP) is 3.66. The summed E-state index contributed by atoms with van der Waals surface area (Å²) in [6, 6.07) is 12.8. The van der Waals surface area contributed by atoms with E-state index in [1.807, 2.05) is 36.4 Å². The quantitative estimate of drug-likeness (QED) is 0.246. The van der Waals surface area contributed by atoms with Gasteiger partial charge < -0.3 is 10.1 Å². The largest absolute Gasteiger partial charge is 0.497 e. The normalized spacial score (nSPS) is 15.3. The van der Waals surface area contributed by atoms with Crippen molar-refractivity contribution >= 4 is 35.2 Å². The molecule has 2 aromatic carbocycles. The number of nitrogens with one attached hydrogen (secondary N) is 2. The monoisotopic (exact) mass is 499 g/mol. The topological polar surface area (TPSA) is 108 Å². The van der Waals surface area contributed by atoms with Crippen LogP contribution in [0.4, 0.5) is 5.69 Å². The lowest BCUT2D eigenvalue weighted by Crippen LogP contribution is -2.63. The molecule has 2 aromatic rings. The summed E-state index contributed by atoms with van der Waals surface area (Å²) in [5.41, 5.74) is 3.10. The summed E-state index contributed by atoms with van der Waals surface area (Å²) in [7, 11) is 3.11. The van der Waals surface area contributed by atoms with Gasteiger partial charge in [-0.1, -0.05) is 19.9 Å². The number of ether oxygens (including phenoxy) is 1. The minimum absolute atomic E-state index is 0.0942. The van der Waals surface area contributed by atoms with Crippen LogP contribution >= 0.6 is 11.8 Å². The number of carbonyl (C=O) groups is 3. The molecular formula is C26H33N3O5S.